The predicted octanol–water partition coefficient (Wildman–Crippen LogP) is 1.12. The molecule has 0 saturated heterocycles. The first-order valence-electron chi connectivity index (χ1n) is 6.85. The molecule has 21 heavy (non-hydrogen) atoms. The molecule has 6 nitrogen and oxygen atoms in total. The standard InChI is InChI=1S/C14H24N2O4S/c1-15-8-4-5-9-21(17,18)16-11-12-6-7-13(19-2)10-14(12)20-3/h6-7,10,15-16H,4-5,8-9,11H2,1-3H3. The summed E-state index contributed by atoms with van der Waals surface area (Å²) in [5.74, 6) is 1.41. The van der Waals surface area contributed by atoms with Crippen molar-refractivity contribution in [3.8, 4) is 11.5 Å². The third kappa shape index (κ3) is 6.33. The van der Waals surface area contributed by atoms with Crippen molar-refractivity contribution >= 4 is 10.0 Å². The molecule has 1 aromatic rings. The number of methoxy groups -OCH3 is 2. The fourth-order valence-corrected chi connectivity index (χ4v) is 2.96. The Morgan fingerprint density at radius 1 is 1.14 bits per heavy atom. The number of benzene rings is 1. The molecular weight excluding hydrogens is 292 g/mol. The van der Waals surface area contributed by atoms with Crippen molar-refractivity contribution in [2.24, 2.45) is 0 Å². The van der Waals surface area contributed by atoms with Crippen LogP contribution in [0.2, 0.25) is 0 Å². The van der Waals surface area contributed by atoms with Gasteiger partial charge in [-0.15, -0.1) is 0 Å². The maximum atomic E-state index is 11.9. The number of hydrogen-bond acceptors (Lipinski definition) is 5. The Morgan fingerprint density at radius 2 is 1.90 bits per heavy atom. The zero-order valence-electron chi connectivity index (χ0n) is 12.8. The number of ether oxygens (including phenoxy) is 2. The van der Waals surface area contributed by atoms with Gasteiger partial charge in [-0.05, 0) is 32.5 Å². The Labute approximate surface area is 126 Å². The largest absolute Gasteiger partial charge is 0.497 e. The van der Waals surface area contributed by atoms with Crippen molar-refractivity contribution in [3.63, 3.8) is 0 Å². The van der Waals surface area contributed by atoms with Crippen LogP contribution in [0.15, 0.2) is 18.2 Å². The van der Waals surface area contributed by atoms with Gasteiger partial charge in [0.15, 0.2) is 0 Å². The molecule has 0 radical (unpaired) electrons. The molecule has 0 spiro atoms. The molecule has 0 amide bonds. The molecular formula is C14H24N2O4S. The minimum atomic E-state index is -3.27. The van der Waals surface area contributed by atoms with Gasteiger partial charge in [-0.1, -0.05) is 6.07 Å². The first-order valence-corrected chi connectivity index (χ1v) is 8.50. The molecule has 0 aliphatic carbocycles. The Morgan fingerprint density at radius 3 is 2.52 bits per heavy atom. The van der Waals surface area contributed by atoms with Gasteiger partial charge in [0.1, 0.15) is 11.5 Å². The van der Waals surface area contributed by atoms with E-state index in [2.05, 4.69) is 10.0 Å². The highest BCUT2D eigenvalue weighted by atomic mass is 32.2. The summed E-state index contributed by atoms with van der Waals surface area (Å²) in [5, 5.41) is 2.99. The second-order valence-electron chi connectivity index (χ2n) is 4.63. The molecule has 0 saturated carbocycles. The summed E-state index contributed by atoms with van der Waals surface area (Å²) < 4.78 is 36.7. The smallest absolute Gasteiger partial charge is 0.211 e. The van der Waals surface area contributed by atoms with E-state index < -0.39 is 10.0 Å². The van der Waals surface area contributed by atoms with Gasteiger partial charge in [0, 0.05) is 18.2 Å². The first-order chi connectivity index (χ1) is 10.0. The summed E-state index contributed by atoms with van der Waals surface area (Å²) in [5.41, 5.74) is 0.775. The average Bonchev–Trinajstić information content (AvgIpc) is 2.49. The lowest BCUT2D eigenvalue weighted by atomic mass is 10.2. The van der Waals surface area contributed by atoms with E-state index in [0.717, 1.165) is 18.5 Å². The second kappa shape index (κ2) is 8.86. The summed E-state index contributed by atoms with van der Waals surface area (Å²) in [6.07, 6.45) is 1.47. The van der Waals surface area contributed by atoms with Gasteiger partial charge in [-0.25, -0.2) is 13.1 Å². The first kappa shape index (κ1) is 17.7. The summed E-state index contributed by atoms with van der Waals surface area (Å²) >= 11 is 0. The highest BCUT2D eigenvalue weighted by Gasteiger charge is 2.12. The van der Waals surface area contributed by atoms with Crippen LogP contribution in [0.5, 0.6) is 11.5 Å². The molecule has 0 aliphatic heterocycles. The van der Waals surface area contributed by atoms with E-state index in [4.69, 9.17) is 9.47 Å². The van der Waals surface area contributed by atoms with Crippen molar-refractivity contribution < 1.29 is 17.9 Å². The molecule has 1 rings (SSSR count). The van der Waals surface area contributed by atoms with Crippen molar-refractivity contribution in [1.29, 1.82) is 0 Å². The average molecular weight is 316 g/mol. The van der Waals surface area contributed by atoms with E-state index >= 15 is 0 Å². The van der Waals surface area contributed by atoms with Gasteiger partial charge >= 0.3 is 0 Å². The lowest BCUT2D eigenvalue weighted by molar-refractivity contribution is 0.390. The van der Waals surface area contributed by atoms with Gasteiger partial charge in [-0.2, -0.15) is 0 Å². The molecule has 0 bridgehead atoms. The van der Waals surface area contributed by atoms with Crippen molar-refractivity contribution in [2.45, 2.75) is 19.4 Å². The predicted molar refractivity (Wildman–Crippen MR) is 83.3 cm³/mol. The van der Waals surface area contributed by atoms with E-state index in [-0.39, 0.29) is 12.3 Å². The molecule has 0 fully saturated rings. The number of sulfonamides is 1. The van der Waals surface area contributed by atoms with Gasteiger partial charge < -0.3 is 14.8 Å². The summed E-state index contributed by atoms with van der Waals surface area (Å²) in [6.45, 7) is 1.03. The normalized spacial score (nSPS) is 11.4. The third-order valence-electron chi connectivity index (χ3n) is 3.07. The third-order valence-corrected chi connectivity index (χ3v) is 4.48. The maximum Gasteiger partial charge on any atom is 0.211 e. The van der Waals surface area contributed by atoms with Crippen molar-refractivity contribution in [2.75, 3.05) is 33.6 Å². The monoisotopic (exact) mass is 316 g/mol. The van der Waals surface area contributed by atoms with Crippen molar-refractivity contribution in [3.05, 3.63) is 23.8 Å². The van der Waals surface area contributed by atoms with Crippen LogP contribution in [0.1, 0.15) is 18.4 Å². The maximum absolute atomic E-state index is 11.9. The second-order valence-corrected chi connectivity index (χ2v) is 6.55. The molecule has 0 unspecified atom stereocenters. The number of unbranched alkanes of at least 4 members (excludes halogenated alkanes) is 1. The van der Waals surface area contributed by atoms with Crippen LogP contribution in [0.3, 0.4) is 0 Å². The zero-order valence-corrected chi connectivity index (χ0v) is 13.6. The van der Waals surface area contributed by atoms with Gasteiger partial charge in [0.2, 0.25) is 10.0 Å². The van der Waals surface area contributed by atoms with Crippen molar-refractivity contribution in [1.82, 2.24) is 10.0 Å². The van der Waals surface area contributed by atoms with Crippen LogP contribution < -0.4 is 19.5 Å². The van der Waals surface area contributed by atoms with Crippen LogP contribution in [-0.4, -0.2) is 42.0 Å². The lowest BCUT2D eigenvalue weighted by Gasteiger charge is -2.11. The summed E-state index contributed by atoms with van der Waals surface area (Å²) in [7, 11) is 1.70. The fraction of sp³-hybridized carbons (Fsp3) is 0.571. The van der Waals surface area contributed by atoms with E-state index in [0.29, 0.717) is 17.9 Å². The van der Waals surface area contributed by atoms with Crippen LogP contribution >= 0.6 is 0 Å². The molecule has 0 atom stereocenters. The van der Waals surface area contributed by atoms with E-state index in [1.54, 1.807) is 32.4 Å². The SMILES string of the molecule is CNCCCCS(=O)(=O)NCc1ccc(OC)cc1OC. The Balaban J connectivity index is 2.57. The van der Waals surface area contributed by atoms with Crippen LogP contribution in [0.4, 0.5) is 0 Å². The minimum Gasteiger partial charge on any atom is -0.497 e. The quantitative estimate of drug-likeness (QED) is 0.633. The van der Waals surface area contributed by atoms with Gasteiger partial charge in [-0.3, -0.25) is 0 Å². The molecule has 0 aromatic heterocycles. The van der Waals surface area contributed by atoms with Crippen LogP contribution in [0, 0.1) is 0 Å². The Bertz CT molecular complexity index is 532. The zero-order chi connectivity index (χ0) is 15.7. The minimum absolute atomic E-state index is 0.132. The van der Waals surface area contributed by atoms with E-state index in [1.807, 2.05) is 7.05 Å². The van der Waals surface area contributed by atoms with Gasteiger partial charge in [0.25, 0.3) is 0 Å². The molecule has 1 aromatic carbocycles. The van der Waals surface area contributed by atoms with Crippen LogP contribution in [0.25, 0.3) is 0 Å². The molecule has 120 valence electrons. The Hall–Kier alpha value is -1.31. The molecule has 0 aliphatic rings. The highest BCUT2D eigenvalue weighted by Crippen LogP contribution is 2.24. The number of nitrogens with one attached hydrogen (secondary N) is 2. The number of rotatable bonds is 10. The Kier molecular flexibility index (Phi) is 7.49. The highest BCUT2D eigenvalue weighted by molar-refractivity contribution is 7.89. The summed E-state index contributed by atoms with van der Waals surface area (Å²) in [4.78, 5) is 0. The molecule has 7 heteroatoms. The van der Waals surface area contributed by atoms with E-state index in [1.165, 1.54) is 0 Å². The molecule has 2 N–H and O–H groups in total. The fourth-order valence-electron chi connectivity index (χ4n) is 1.85. The summed E-state index contributed by atoms with van der Waals surface area (Å²) in [6, 6.07) is 5.30. The molecule has 0 heterocycles. The topological polar surface area (TPSA) is 76.7 Å². The van der Waals surface area contributed by atoms with Crippen LogP contribution in [-0.2, 0) is 16.6 Å². The number of hydrogen-bond donors (Lipinski definition) is 2. The lowest BCUT2D eigenvalue weighted by Crippen LogP contribution is -2.26. The van der Waals surface area contributed by atoms with Gasteiger partial charge in [0.05, 0.1) is 20.0 Å². The van der Waals surface area contributed by atoms with E-state index in [9.17, 15) is 8.42 Å².